The Kier molecular flexibility index (Phi) is 6.14. The lowest BCUT2D eigenvalue weighted by Gasteiger charge is -2.14. The first-order valence-electron chi connectivity index (χ1n) is 7.61. The molecule has 0 aromatic heterocycles. The fraction of sp³-hybridized carbons (Fsp3) is 0.235. The van der Waals surface area contributed by atoms with Crippen LogP contribution in [0.3, 0.4) is 0 Å². The van der Waals surface area contributed by atoms with Crippen LogP contribution in [0.25, 0.3) is 0 Å². The van der Waals surface area contributed by atoms with Crippen LogP contribution in [0.15, 0.2) is 41.6 Å². The van der Waals surface area contributed by atoms with Crippen LogP contribution in [0, 0.1) is 11.6 Å². The van der Waals surface area contributed by atoms with E-state index < -0.39 is 21.7 Å². The highest BCUT2D eigenvalue weighted by atomic mass is 32.2. The summed E-state index contributed by atoms with van der Waals surface area (Å²) in [6, 6.07) is 7.37. The van der Waals surface area contributed by atoms with Gasteiger partial charge in [-0.25, -0.2) is 17.2 Å². The lowest BCUT2D eigenvalue weighted by atomic mass is 10.1. The third kappa shape index (κ3) is 5.41. The maximum atomic E-state index is 13.9. The summed E-state index contributed by atoms with van der Waals surface area (Å²) < 4.78 is 57.8. The van der Waals surface area contributed by atoms with E-state index >= 15 is 0 Å². The van der Waals surface area contributed by atoms with Gasteiger partial charge in [0.05, 0.1) is 17.7 Å². The molecule has 140 valence electrons. The third-order valence-corrected chi connectivity index (χ3v) is 3.73. The minimum Gasteiger partial charge on any atom is -0.452 e. The van der Waals surface area contributed by atoms with Gasteiger partial charge in [-0.05, 0) is 38.1 Å². The zero-order valence-electron chi connectivity index (χ0n) is 14.4. The molecular weight excluding hydrogens is 366 g/mol. The first kappa shape index (κ1) is 19.6. The molecule has 0 fully saturated rings. The van der Waals surface area contributed by atoms with Gasteiger partial charge in [-0.2, -0.15) is 0 Å². The second-order valence-corrected chi connectivity index (χ2v) is 7.10. The molecule has 0 atom stereocenters. The molecular formula is C17H18F2N2O4S. The van der Waals surface area contributed by atoms with E-state index in [4.69, 9.17) is 9.57 Å². The van der Waals surface area contributed by atoms with E-state index in [9.17, 15) is 17.2 Å². The molecule has 0 bridgehead atoms. The number of anilines is 1. The van der Waals surface area contributed by atoms with Crippen LogP contribution in [-0.2, 0) is 14.9 Å². The number of sulfonamides is 1. The standard InChI is InChI=1S/C17H18F2N2O4S/c1-4-24-20-11(2)12-5-7-15(21-26(3,22)23)17(9-12)25-16-8-6-13(18)10-14(16)19/h5-10,21H,4H2,1-3H3. The van der Waals surface area contributed by atoms with E-state index in [1.54, 1.807) is 19.9 Å². The Morgan fingerprint density at radius 2 is 1.88 bits per heavy atom. The van der Waals surface area contributed by atoms with Crippen molar-refractivity contribution in [2.24, 2.45) is 5.16 Å². The largest absolute Gasteiger partial charge is 0.452 e. The Hall–Kier alpha value is -2.68. The average Bonchev–Trinajstić information content (AvgIpc) is 2.55. The lowest BCUT2D eigenvalue weighted by molar-refractivity contribution is 0.159. The molecule has 6 nitrogen and oxygen atoms in total. The number of oxime groups is 1. The maximum absolute atomic E-state index is 13.9. The third-order valence-electron chi connectivity index (χ3n) is 3.14. The molecule has 2 aromatic rings. The number of ether oxygens (including phenoxy) is 1. The van der Waals surface area contributed by atoms with E-state index in [1.165, 1.54) is 12.1 Å². The summed E-state index contributed by atoms with van der Waals surface area (Å²) in [6.45, 7) is 3.86. The maximum Gasteiger partial charge on any atom is 0.229 e. The van der Waals surface area contributed by atoms with Crippen molar-refractivity contribution in [3.63, 3.8) is 0 Å². The predicted molar refractivity (Wildman–Crippen MR) is 95.2 cm³/mol. The van der Waals surface area contributed by atoms with Crippen molar-refractivity contribution in [1.29, 1.82) is 0 Å². The molecule has 0 aliphatic rings. The Labute approximate surface area is 150 Å². The number of hydrogen-bond donors (Lipinski definition) is 1. The highest BCUT2D eigenvalue weighted by molar-refractivity contribution is 7.92. The molecule has 0 aliphatic carbocycles. The highest BCUT2D eigenvalue weighted by Gasteiger charge is 2.14. The van der Waals surface area contributed by atoms with Crippen LogP contribution >= 0.6 is 0 Å². The van der Waals surface area contributed by atoms with E-state index in [-0.39, 0.29) is 17.2 Å². The molecule has 9 heteroatoms. The molecule has 0 heterocycles. The van der Waals surface area contributed by atoms with E-state index in [0.29, 0.717) is 23.9 Å². The Bertz CT molecular complexity index is 930. The van der Waals surface area contributed by atoms with Crippen LogP contribution in [-0.4, -0.2) is 27.0 Å². The van der Waals surface area contributed by atoms with Gasteiger partial charge in [0.1, 0.15) is 12.4 Å². The first-order chi connectivity index (χ1) is 12.2. The molecule has 0 unspecified atom stereocenters. The summed E-state index contributed by atoms with van der Waals surface area (Å²) in [5.74, 6) is -1.89. The molecule has 26 heavy (non-hydrogen) atoms. The molecule has 0 amide bonds. The normalized spacial score (nSPS) is 12.0. The average molecular weight is 384 g/mol. The SMILES string of the molecule is CCON=C(C)c1ccc(NS(C)(=O)=O)c(Oc2ccc(F)cc2F)c1. The van der Waals surface area contributed by atoms with E-state index in [2.05, 4.69) is 9.88 Å². The summed E-state index contributed by atoms with van der Waals surface area (Å²) in [7, 11) is -3.59. The van der Waals surface area contributed by atoms with Gasteiger partial charge in [0.25, 0.3) is 0 Å². The Morgan fingerprint density at radius 3 is 2.50 bits per heavy atom. The number of halogens is 2. The van der Waals surface area contributed by atoms with Gasteiger partial charge in [-0.3, -0.25) is 4.72 Å². The van der Waals surface area contributed by atoms with Gasteiger partial charge < -0.3 is 9.57 Å². The predicted octanol–water partition coefficient (Wildman–Crippen LogP) is 3.89. The second kappa shape index (κ2) is 8.13. The summed E-state index contributed by atoms with van der Waals surface area (Å²) in [6.07, 6.45) is 0.977. The summed E-state index contributed by atoms with van der Waals surface area (Å²) in [5.41, 5.74) is 1.20. The van der Waals surface area contributed by atoms with Gasteiger partial charge in [0.15, 0.2) is 17.3 Å². The summed E-state index contributed by atoms with van der Waals surface area (Å²) >= 11 is 0. The smallest absolute Gasteiger partial charge is 0.229 e. The van der Waals surface area contributed by atoms with Crippen LogP contribution < -0.4 is 9.46 Å². The molecule has 0 saturated heterocycles. The van der Waals surface area contributed by atoms with Crippen molar-refractivity contribution in [3.05, 3.63) is 53.6 Å². The van der Waals surface area contributed by atoms with Gasteiger partial charge >= 0.3 is 0 Å². The minimum absolute atomic E-state index is 0.0319. The lowest BCUT2D eigenvalue weighted by Crippen LogP contribution is -2.11. The number of hydrogen-bond acceptors (Lipinski definition) is 5. The van der Waals surface area contributed by atoms with Gasteiger partial charge in [0, 0.05) is 11.6 Å². The molecule has 0 radical (unpaired) electrons. The van der Waals surface area contributed by atoms with Crippen molar-refractivity contribution in [2.45, 2.75) is 13.8 Å². The summed E-state index contributed by atoms with van der Waals surface area (Å²) in [5, 5.41) is 3.89. The molecule has 0 aliphatic heterocycles. The van der Waals surface area contributed by atoms with Crippen molar-refractivity contribution in [2.75, 3.05) is 17.6 Å². The van der Waals surface area contributed by atoms with Crippen molar-refractivity contribution in [3.8, 4) is 11.5 Å². The number of nitrogens with zero attached hydrogens (tertiary/aromatic N) is 1. The van der Waals surface area contributed by atoms with Crippen LogP contribution in [0.4, 0.5) is 14.5 Å². The highest BCUT2D eigenvalue weighted by Crippen LogP contribution is 2.33. The van der Waals surface area contributed by atoms with Gasteiger partial charge in [-0.1, -0.05) is 11.2 Å². The fourth-order valence-corrected chi connectivity index (χ4v) is 2.57. The number of nitrogens with one attached hydrogen (secondary N) is 1. The molecule has 2 rings (SSSR count). The second-order valence-electron chi connectivity index (χ2n) is 5.36. The minimum atomic E-state index is -3.59. The molecule has 1 N–H and O–H groups in total. The van der Waals surface area contributed by atoms with E-state index in [1.807, 2.05) is 0 Å². The van der Waals surface area contributed by atoms with Gasteiger partial charge in [0.2, 0.25) is 10.0 Å². The molecule has 0 saturated carbocycles. The van der Waals surface area contributed by atoms with Crippen molar-refractivity contribution < 1.29 is 26.8 Å². The van der Waals surface area contributed by atoms with Crippen molar-refractivity contribution >= 4 is 21.4 Å². The monoisotopic (exact) mass is 384 g/mol. The summed E-state index contributed by atoms with van der Waals surface area (Å²) in [4.78, 5) is 4.98. The Morgan fingerprint density at radius 1 is 1.15 bits per heavy atom. The number of rotatable bonds is 7. The fourth-order valence-electron chi connectivity index (χ4n) is 2.01. The first-order valence-corrected chi connectivity index (χ1v) is 9.50. The zero-order chi connectivity index (χ0) is 19.3. The van der Waals surface area contributed by atoms with Crippen LogP contribution in [0.5, 0.6) is 11.5 Å². The van der Waals surface area contributed by atoms with Crippen molar-refractivity contribution in [1.82, 2.24) is 0 Å². The number of benzene rings is 2. The van der Waals surface area contributed by atoms with Crippen LogP contribution in [0.2, 0.25) is 0 Å². The van der Waals surface area contributed by atoms with Crippen LogP contribution in [0.1, 0.15) is 19.4 Å². The zero-order valence-corrected chi connectivity index (χ0v) is 15.2. The molecule has 2 aromatic carbocycles. The van der Waals surface area contributed by atoms with Gasteiger partial charge in [-0.15, -0.1) is 0 Å². The van der Waals surface area contributed by atoms with E-state index in [0.717, 1.165) is 18.4 Å². The molecule has 0 spiro atoms. The quantitative estimate of drug-likeness (QED) is 0.580. The topological polar surface area (TPSA) is 77.0 Å². The Balaban J connectivity index is 2.47.